The van der Waals surface area contributed by atoms with Crippen molar-refractivity contribution in [3.63, 3.8) is 0 Å². The lowest BCUT2D eigenvalue weighted by Crippen LogP contribution is -2.76. The highest BCUT2D eigenvalue weighted by atomic mass is 28.4. The zero-order valence-electron chi connectivity index (χ0n) is 43.1. The van der Waals surface area contributed by atoms with E-state index in [9.17, 15) is 9.59 Å². The first-order valence-electron chi connectivity index (χ1n) is 25.4. The summed E-state index contributed by atoms with van der Waals surface area (Å²) in [6.07, 6.45) is -8.76. The number of carbonyl (C=O) groups excluding carboxylic acids is 2. The summed E-state index contributed by atoms with van der Waals surface area (Å²) < 4.78 is 80.2. The quantitative estimate of drug-likeness (QED) is 0.0359. The number of ether oxygens (including phenoxy) is 11. The minimum Gasteiger partial charge on any atom is -0.452 e. The molecule has 3 heterocycles. The van der Waals surface area contributed by atoms with E-state index in [2.05, 4.69) is 45.0 Å². The van der Waals surface area contributed by atoms with Gasteiger partial charge in [-0.05, 0) is 65.0 Å². The maximum Gasteiger partial charge on any atom is 0.338 e. The lowest BCUT2D eigenvalue weighted by atomic mass is 9.83. The molecule has 74 heavy (non-hydrogen) atoms. The second-order valence-corrected chi connectivity index (χ2v) is 24.3. The van der Waals surface area contributed by atoms with Crippen LogP contribution in [0.2, 0.25) is 5.04 Å². The van der Waals surface area contributed by atoms with Gasteiger partial charge in [0, 0.05) is 34.2 Å². The summed E-state index contributed by atoms with van der Waals surface area (Å²) in [6.45, 7) is 8.27. The van der Waals surface area contributed by atoms with Crippen LogP contribution in [-0.4, -0.2) is 121 Å². The predicted octanol–water partition coefficient (Wildman–Crippen LogP) is 8.08. The van der Waals surface area contributed by atoms with Crippen LogP contribution in [0.25, 0.3) is 0 Å². The summed E-state index contributed by atoms with van der Waals surface area (Å²) in [7, 11) is 1.44. The zero-order valence-corrected chi connectivity index (χ0v) is 44.1. The molecular formula is C58H68O15Si. The fourth-order valence-electron chi connectivity index (χ4n) is 10.9. The molecule has 3 saturated heterocycles. The van der Waals surface area contributed by atoms with E-state index in [-0.39, 0.29) is 24.3 Å². The van der Waals surface area contributed by atoms with Crippen LogP contribution in [-0.2, 0) is 68.2 Å². The molecule has 1 saturated carbocycles. The number of esters is 2. The van der Waals surface area contributed by atoms with Gasteiger partial charge in [-0.3, -0.25) is 4.58 Å². The van der Waals surface area contributed by atoms with Gasteiger partial charge in [0.25, 0.3) is 0 Å². The van der Waals surface area contributed by atoms with E-state index in [1.165, 1.54) is 7.11 Å². The molecule has 15 nitrogen and oxygen atoms in total. The number of rotatable bonds is 18. The van der Waals surface area contributed by atoms with Gasteiger partial charge in [0.2, 0.25) is 11.6 Å². The molecule has 0 bridgehead atoms. The van der Waals surface area contributed by atoms with Crippen LogP contribution in [0.4, 0.5) is 0 Å². The van der Waals surface area contributed by atoms with Crippen molar-refractivity contribution in [3.8, 4) is 0 Å². The SMILES string of the molecule is CO[C@H]1O[C@H](COO[Si](c2ccccc2)(c2ccccc2)C(C)(C)C)[C@H]2O[C@@]3(OC)CCCC[C@]3(OC)O[C@@H]2[C@@H]1O[C@@H]1O[C@@H](C)[C@H](OCc2ccccc2)[C@@H](OC(=O)c2ccccc2)[C@H]1OC(=O)c1ccccc1. The average molecular weight is 1030 g/mol. The van der Waals surface area contributed by atoms with Crippen molar-refractivity contribution < 1.29 is 71.2 Å². The topological polar surface area (TPSA) is 154 Å². The molecule has 0 N–H and O–H groups in total. The van der Waals surface area contributed by atoms with Crippen LogP contribution < -0.4 is 10.4 Å². The Bertz CT molecular complexity index is 2530. The normalized spacial score (nSPS) is 30.1. The molecular weight excluding hydrogens is 965 g/mol. The van der Waals surface area contributed by atoms with Crippen LogP contribution in [0, 0.1) is 0 Å². The zero-order chi connectivity index (χ0) is 51.9. The Morgan fingerprint density at radius 3 is 1.58 bits per heavy atom. The van der Waals surface area contributed by atoms with Gasteiger partial charge in [0.1, 0.15) is 37.1 Å². The van der Waals surface area contributed by atoms with E-state index in [0.29, 0.717) is 12.8 Å². The molecule has 0 radical (unpaired) electrons. The number of benzene rings is 5. The molecule has 12 atom stereocenters. The Morgan fingerprint density at radius 1 is 0.595 bits per heavy atom. The fourth-order valence-corrected chi connectivity index (χ4v) is 15.0. The van der Waals surface area contributed by atoms with E-state index >= 15 is 0 Å². The summed E-state index contributed by atoms with van der Waals surface area (Å²) in [5.41, 5.74) is 1.39. The smallest absolute Gasteiger partial charge is 0.338 e. The van der Waals surface area contributed by atoms with Crippen LogP contribution in [0.1, 0.15) is 79.7 Å². The van der Waals surface area contributed by atoms with Crippen molar-refractivity contribution in [2.75, 3.05) is 27.9 Å². The third kappa shape index (κ3) is 10.8. The molecule has 394 valence electrons. The molecule has 4 aliphatic rings. The van der Waals surface area contributed by atoms with Crippen LogP contribution >= 0.6 is 0 Å². The molecule has 5 aromatic rings. The van der Waals surface area contributed by atoms with Gasteiger partial charge < -0.3 is 52.1 Å². The summed E-state index contributed by atoms with van der Waals surface area (Å²) in [5.74, 6) is -4.16. The highest BCUT2D eigenvalue weighted by Crippen LogP contribution is 2.52. The number of hydrogen-bond donors (Lipinski definition) is 0. The second kappa shape index (κ2) is 23.4. The Hall–Kier alpha value is -5.18. The van der Waals surface area contributed by atoms with Gasteiger partial charge in [0.05, 0.1) is 23.8 Å². The van der Waals surface area contributed by atoms with Crippen LogP contribution in [0.5, 0.6) is 0 Å². The molecule has 0 spiro atoms. The molecule has 3 aliphatic heterocycles. The van der Waals surface area contributed by atoms with Gasteiger partial charge in [-0.1, -0.05) is 148 Å². The van der Waals surface area contributed by atoms with Crippen molar-refractivity contribution in [2.45, 2.75) is 138 Å². The molecule has 0 aromatic heterocycles. The van der Waals surface area contributed by atoms with E-state index < -0.39 is 98.3 Å². The highest BCUT2D eigenvalue weighted by Gasteiger charge is 2.68. The minimum absolute atomic E-state index is 0.129. The van der Waals surface area contributed by atoms with Crippen LogP contribution in [0.3, 0.4) is 0 Å². The van der Waals surface area contributed by atoms with Crippen molar-refractivity contribution in [3.05, 3.63) is 168 Å². The number of fused-ring (bicyclic) bond motifs is 2. The summed E-state index contributed by atoms with van der Waals surface area (Å²) >= 11 is 0. The molecule has 16 heteroatoms. The van der Waals surface area contributed by atoms with E-state index in [1.54, 1.807) is 81.8 Å². The number of methoxy groups -OCH3 is 3. The van der Waals surface area contributed by atoms with Gasteiger partial charge >= 0.3 is 20.3 Å². The van der Waals surface area contributed by atoms with Crippen molar-refractivity contribution in [1.29, 1.82) is 0 Å². The lowest BCUT2D eigenvalue weighted by Gasteiger charge is -2.60. The maximum absolute atomic E-state index is 14.3. The largest absolute Gasteiger partial charge is 0.452 e. The van der Waals surface area contributed by atoms with Gasteiger partial charge in [-0.2, -0.15) is 0 Å². The fraction of sp³-hybridized carbons (Fsp3) is 0.448. The first kappa shape index (κ1) is 53.6. The van der Waals surface area contributed by atoms with E-state index in [1.807, 2.05) is 66.7 Å². The Labute approximate surface area is 434 Å². The van der Waals surface area contributed by atoms with Gasteiger partial charge in [-0.25, -0.2) is 14.5 Å². The molecule has 0 amide bonds. The molecule has 0 unspecified atom stereocenters. The third-order valence-corrected chi connectivity index (χ3v) is 19.4. The Kier molecular flexibility index (Phi) is 16.9. The predicted molar refractivity (Wildman–Crippen MR) is 274 cm³/mol. The Morgan fingerprint density at radius 2 is 1.08 bits per heavy atom. The van der Waals surface area contributed by atoms with E-state index in [0.717, 1.165) is 28.8 Å². The first-order valence-corrected chi connectivity index (χ1v) is 27.3. The van der Waals surface area contributed by atoms with Crippen molar-refractivity contribution >= 4 is 30.6 Å². The molecule has 9 rings (SSSR count). The standard InChI is InChI=1S/C58H68O15Si/c1-39-46(64-37-40-25-13-8-14-26-40)48(68-52(59)41-27-15-9-16-28-41)50(69-53(60)42-29-17-10-18-30-42)55(66-39)70-51-49-47(71-57(62-6)35-23-24-36-58(57,63-7)72-49)45(67-54(51)61-5)38-65-73-74(56(2,3)4,43-31-19-11-20-32-43)44-33-21-12-22-34-44/h8-22,25-34,39,45-51,54-55H,23-24,35-38H2,1-7H3/t39-,45+,46-,47+,48+,49-,50+,51-,54-,55-,57-,58-/m0/s1. The van der Waals surface area contributed by atoms with E-state index in [4.69, 9.17) is 61.6 Å². The van der Waals surface area contributed by atoms with Gasteiger partial charge in [-0.15, -0.1) is 0 Å². The number of hydrogen-bond acceptors (Lipinski definition) is 15. The van der Waals surface area contributed by atoms with Crippen LogP contribution in [0.15, 0.2) is 152 Å². The second-order valence-electron chi connectivity index (χ2n) is 20.1. The van der Waals surface area contributed by atoms with Crippen molar-refractivity contribution in [1.82, 2.24) is 0 Å². The monoisotopic (exact) mass is 1030 g/mol. The maximum atomic E-state index is 14.3. The summed E-state index contributed by atoms with van der Waals surface area (Å²) in [4.78, 5) is 34.9. The van der Waals surface area contributed by atoms with Gasteiger partial charge in [0.15, 0.2) is 24.8 Å². The summed E-state index contributed by atoms with van der Waals surface area (Å²) in [5, 5.41) is 1.65. The summed E-state index contributed by atoms with van der Waals surface area (Å²) in [6, 6.07) is 47.0. The third-order valence-electron chi connectivity index (χ3n) is 14.6. The Balaban J connectivity index is 1.08. The van der Waals surface area contributed by atoms with Crippen molar-refractivity contribution in [2.24, 2.45) is 0 Å². The first-order chi connectivity index (χ1) is 35.9. The highest BCUT2D eigenvalue weighted by molar-refractivity contribution is 6.99. The average Bonchev–Trinajstić information content (AvgIpc) is 3.44. The lowest BCUT2D eigenvalue weighted by molar-refractivity contribution is -0.503. The molecule has 1 aliphatic carbocycles. The minimum atomic E-state index is -3.19. The molecule has 5 aromatic carbocycles. The molecule has 4 fully saturated rings. The number of carbonyl (C=O) groups is 2.